The van der Waals surface area contributed by atoms with Gasteiger partial charge in [-0.1, -0.05) is 33.1 Å². The van der Waals surface area contributed by atoms with Gasteiger partial charge in [-0.15, -0.1) is 0 Å². The molecule has 0 fully saturated rings. The number of esters is 1. The van der Waals surface area contributed by atoms with E-state index in [0.717, 1.165) is 17.9 Å². The highest BCUT2D eigenvalue weighted by molar-refractivity contribution is 7.60. The Bertz CT molecular complexity index is 1370. The molecule has 2 aromatic rings. The number of carbonyl (C=O) groups is 4. The van der Waals surface area contributed by atoms with Crippen LogP contribution in [0.4, 0.5) is 0 Å². The summed E-state index contributed by atoms with van der Waals surface area (Å²) in [5.74, 6) is -1.94. The molecule has 0 unspecified atom stereocenters. The molecule has 2 rings (SSSR count). The van der Waals surface area contributed by atoms with Crippen molar-refractivity contribution in [2.45, 2.75) is 79.7 Å². The Labute approximate surface area is 269 Å². The number of hydrogen-bond donors (Lipinski definition) is 4. The standard InChI is InChI=1S/C31H46N3O11P/c1-7-10-11-12-24(25(8-2)34(19-35)44-20-43-30(38)31(4,5)6)28(36)32-18-33-29(37)27-14-13-26(45-27)21-15-22(42-9-3)17-23(16-21)46(39,40)41/h13-17,19,24-25H,7-12,18,20H2,1-6H3,(H,32,36)(H,33,37)(H2,39,40,41)/t24-,25-/m1/s1. The molecule has 3 amide bonds. The van der Waals surface area contributed by atoms with E-state index >= 15 is 0 Å². The highest BCUT2D eigenvalue weighted by atomic mass is 31.2. The summed E-state index contributed by atoms with van der Waals surface area (Å²) in [6.07, 6.45) is 3.76. The van der Waals surface area contributed by atoms with Crippen LogP contribution in [-0.2, 0) is 28.5 Å². The molecule has 2 atom stereocenters. The molecule has 0 aliphatic rings. The maximum absolute atomic E-state index is 13.3. The molecule has 0 bridgehead atoms. The second-order valence-electron chi connectivity index (χ2n) is 11.6. The summed E-state index contributed by atoms with van der Waals surface area (Å²) >= 11 is 0. The zero-order chi connectivity index (χ0) is 34.5. The maximum Gasteiger partial charge on any atom is 0.356 e. The Kier molecular flexibility index (Phi) is 14.9. The van der Waals surface area contributed by atoms with Crippen molar-refractivity contribution in [3.05, 3.63) is 36.1 Å². The van der Waals surface area contributed by atoms with Crippen molar-refractivity contribution in [3.63, 3.8) is 0 Å². The topological polar surface area (TPSA) is 194 Å². The van der Waals surface area contributed by atoms with Crippen LogP contribution in [0.3, 0.4) is 0 Å². The molecule has 15 heteroatoms. The Hall–Kier alpha value is -3.71. The molecule has 46 heavy (non-hydrogen) atoms. The Balaban J connectivity index is 2.10. The molecular formula is C31H46N3O11P. The van der Waals surface area contributed by atoms with Crippen LogP contribution in [0.2, 0.25) is 0 Å². The van der Waals surface area contributed by atoms with E-state index in [0.29, 0.717) is 31.2 Å². The number of hydrogen-bond acceptors (Lipinski definition) is 9. The number of unbranched alkanes of at least 4 members (excludes halogenated alkanes) is 2. The fourth-order valence-electron chi connectivity index (χ4n) is 4.50. The van der Waals surface area contributed by atoms with Crippen molar-refractivity contribution in [1.29, 1.82) is 0 Å². The third-order valence-electron chi connectivity index (χ3n) is 6.94. The van der Waals surface area contributed by atoms with Crippen molar-refractivity contribution >= 4 is 37.1 Å². The number of amides is 3. The first-order valence-corrected chi connectivity index (χ1v) is 16.8. The summed E-state index contributed by atoms with van der Waals surface area (Å²) in [5.41, 5.74) is -0.458. The zero-order valence-corrected chi connectivity index (χ0v) is 28.1. The quantitative estimate of drug-likeness (QED) is 0.0424. The van der Waals surface area contributed by atoms with E-state index < -0.39 is 49.5 Å². The van der Waals surface area contributed by atoms with Gasteiger partial charge in [0.1, 0.15) is 11.5 Å². The van der Waals surface area contributed by atoms with Gasteiger partial charge in [-0.2, -0.15) is 0 Å². The molecule has 0 aliphatic heterocycles. The lowest BCUT2D eigenvalue weighted by atomic mass is 9.90. The number of rotatable bonds is 19. The summed E-state index contributed by atoms with van der Waals surface area (Å²) in [6.45, 7) is 10.1. The van der Waals surface area contributed by atoms with Crippen molar-refractivity contribution in [1.82, 2.24) is 15.7 Å². The Morgan fingerprint density at radius 3 is 2.37 bits per heavy atom. The van der Waals surface area contributed by atoms with Gasteiger partial charge in [-0.3, -0.25) is 23.7 Å². The van der Waals surface area contributed by atoms with Gasteiger partial charge in [0.2, 0.25) is 19.1 Å². The summed E-state index contributed by atoms with van der Waals surface area (Å²) in [6, 6.07) is 6.24. The van der Waals surface area contributed by atoms with E-state index in [1.165, 1.54) is 30.3 Å². The predicted octanol–water partition coefficient (Wildman–Crippen LogP) is 3.86. The Morgan fingerprint density at radius 1 is 1.07 bits per heavy atom. The lowest BCUT2D eigenvalue weighted by molar-refractivity contribution is -0.236. The molecule has 0 saturated carbocycles. The van der Waals surface area contributed by atoms with E-state index in [9.17, 15) is 33.5 Å². The first kappa shape index (κ1) is 38.5. The minimum atomic E-state index is -4.60. The van der Waals surface area contributed by atoms with E-state index in [2.05, 4.69) is 10.6 Å². The molecule has 1 heterocycles. The molecule has 0 spiro atoms. The molecule has 1 aromatic carbocycles. The van der Waals surface area contributed by atoms with E-state index in [1.807, 2.05) is 6.92 Å². The van der Waals surface area contributed by atoms with Gasteiger partial charge in [0, 0.05) is 5.56 Å². The lowest BCUT2D eigenvalue weighted by Crippen LogP contribution is -2.48. The number of ether oxygens (including phenoxy) is 2. The monoisotopic (exact) mass is 667 g/mol. The van der Waals surface area contributed by atoms with Crippen molar-refractivity contribution in [2.24, 2.45) is 11.3 Å². The van der Waals surface area contributed by atoms with Crippen LogP contribution in [-0.4, -0.2) is 65.2 Å². The largest absolute Gasteiger partial charge is 0.494 e. The van der Waals surface area contributed by atoms with Crippen molar-refractivity contribution in [2.75, 3.05) is 20.1 Å². The van der Waals surface area contributed by atoms with Crippen LogP contribution in [0.1, 0.15) is 84.2 Å². The van der Waals surface area contributed by atoms with E-state index in [1.54, 1.807) is 34.6 Å². The number of nitrogens with one attached hydrogen (secondary N) is 2. The van der Waals surface area contributed by atoms with Crippen LogP contribution in [0, 0.1) is 11.3 Å². The molecule has 0 aliphatic carbocycles. The number of carbonyl (C=O) groups excluding carboxylic acids is 4. The Morgan fingerprint density at radius 2 is 1.78 bits per heavy atom. The van der Waals surface area contributed by atoms with Gasteiger partial charge in [-0.05, 0) is 70.9 Å². The van der Waals surface area contributed by atoms with E-state index in [4.69, 9.17) is 18.7 Å². The number of hydroxylamine groups is 2. The average molecular weight is 668 g/mol. The normalized spacial score (nSPS) is 13.0. The molecule has 1 aromatic heterocycles. The third-order valence-corrected chi connectivity index (χ3v) is 7.87. The predicted molar refractivity (Wildman–Crippen MR) is 169 cm³/mol. The van der Waals surface area contributed by atoms with Crippen LogP contribution in [0.25, 0.3) is 11.3 Å². The minimum absolute atomic E-state index is 0.0972. The first-order valence-electron chi connectivity index (χ1n) is 15.2. The molecule has 0 radical (unpaired) electrons. The summed E-state index contributed by atoms with van der Waals surface area (Å²) < 4.78 is 28.0. The number of nitrogens with zero attached hydrogens (tertiary/aromatic N) is 1. The maximum atomic E-state index is 13.3. The second-order valence-corrected chi connectivity index (χ2v) is 13.2. The number of benzene rings is 1. The fourth-order valence-corrected chi connectivity index (χ4v) is 5.11. The fraction of sp³-hybridized carbons (Fsp3) is 0.548. The van der Waals surface area contributed by atoms with Crippen LogP contribution in [0.5, 0.6) is 5.75 Å². The van der Waals surface area contributed by atoms with Crippen LogP contribution < -0.4 is 20.7 Å². The summed E-state index contributed by atoms with van der Waals surface area (Å²) in [4.78, 5) is 74.9. The summed E-state index contributed by atoms with van der Waals surface area (Å²) in [7, 11) is -4.60. The lowest BCUT2D eigenvalue weighted by Gasteiger charge is -2.32. The molecular weight excluding hydrogens is 621 g/mol. The number of furan rings is 1. The van der Waals surface area contributed by atoms with Gasteiger partial charge in [-0.25, -0.2) is 9.90 Å². The highest BCUT2D eigenvalue weighted by Crippen LogP contribution is 2.37. The third kappa shape index (κ3) is 11.6. The second kappa shape index (κ2) is 17.8. The van der Waals surface area contributed by atoms with Crippen molar-refractivity contribution < 1.29 is 52.3 Å². The average Bonchev–Trinajstić information content (AvgIpc) is 3.49. The van der Waals surface area contributed by atoms with Gasteiger partial charge < -0.3 is 34.3 Å². The van der Waals surface area contributed by atoms with Gasteiger partial charge in [0.05, 0.1) is 36.0 Å². The molecule has 256 valence electrons. The van der Waals surface area contributed by atoms with Crippen LogP contribution >= 0.6 is 7.60 Å². The zero-order valence-electron chi connectivity index (χ0n) is 27.2. The van der Waals surface area contributed by atoms with Gasteiger partial charge in [0.15, 0.2) is 5.76 Å². The van der Waals surface area contributed by atoms with E-state index in [-0.39, 0.29) is 35.9 Å². The molecule has 0 saturated heterocycles. The first-order chi connectivity index (χ1) is 21.7. The summed E-state index contributed by atoms with van der Waals surface area (Å²) in [5, 5.41) is 5.97. The van der Waals surface area contributed by atoms with Gasteiger partial charge in [0.25, 0.3) is 5.91 Å². The van der Waals surface area contributed by atoms with Crippen molar-refractivity contribution in [3.8, 4) is 17.1 Å². The highest BCUT2D eigenvalue weighted by Gasteiger charge is 2.32. The smallest absolute Gasteiger partial charge is 0.356 e. The van der Waals surface area contributed by atoms with Crippen LogP contribution in [0.15, 0.2) is 34.7 Å². The minimum Gasteiger partial charge on any atom is -0.494 e. The van der Waals surface area contributed by atoms with Gasteiger partial charge >= 0.3 is 13.6 Å². The molecule has 14 nitrogen and oxygen atoms in total. The molecule has 4 N–H and O–H groups in total. The SMILES string of the molecule is CCCCC[C@@H](C(=O)NCNC(=O)c1ccc(-c2cc(OCC)cc(P(=O)(O)O)c2)o1)[C@@H](CC)N(C=O)OCOC(=O)C(C)(C)C.